The van der Waals surface area contributed by atoms with E-state index in [9.17, 15) is 19.5 Å². The van der Waals surface area contributed by atoms with Crippen molar-refractivity contribution < 1.29 is 14.7 Å². The van der Waals surface area contributed by atoms with Crippen LogP contribution in [-0.4, -0.2) is 31.5 Å². The third-order valence-electron chi connectivity index (χ3n) is 6.86. The van der Waals surface area contributed by atoms with Gasteiger partial charge in [0, 0.05) is 42.0 Å². The first kappa shape index (κ1) is 28.4. The van der Waals surface area contributed by atoms with Gasteiger partial charge < -0.3 is 15.0 Å². The molecule has 1 unspecified atom stereocenters. The summed E-state index contributed by atoms with van der Waals surface area (Å²) < 4.78 is 1.42. The van der Waals surface area contributed by atoms with E-state index in [0.29, 0.717) is 23.2 Å². The minimum atomic E-state index is -1.06. The van der Waals surface area contributed by atoms with Crippen molar-refractivity contribution in [2.45, 2.75) is 52.6 Å². The van der Waals surface area contributed by atoms with Crippen molar-refractivity contribution in [1.29, 1.82) is 0 Å². The molecule has 8 nitrogen and oxygen atoms in total. The molecular formula is C32H34N4O4. The smallest absolute Gasteiger partial charge is 0.305 e. The SMILES string of the molecule is Cc1cccc(C)c1-c1cncc([C@H](CC(=O)O)NC(=O)C(CC(C)C)n2cc(-c3ccccn3)ccc2=O)c1. The number of pyridine rings is 3. The summed E-state index contributed by atoms with van der Waals surface area (Å²) in [4.78, 5) is 47.4. The van der Waals surface area contributed by atoms with Gasteiger partial charge in [0.05, 0.1) is 18.2 Å². The lowest BCUT2D eigenvalue weighted by Gasteiger charge is -2.25. The highest BCUT2D eigenvalue weighted by Crippen LogP contribution is 2.30. The van der Waals surface area contributed by atoms with Gasteiger partial charge in [0.15, 0.2) is 0 Å². The van der Waals surface area contributed by atoms with E-state index in [1.54, 1.807) is 36.9 Å². The highest BCUT2D eigenvalue weighted by atomic mass is 16.4. The van der Waals surface area contributed by atoms with E-state index in [2.05, 4.69) is 15.3 Å². The molecule has 4 aromatic rings. The fourth-order valence-electron chi connectivity index (χ4n) is 4.98. The van der Waals surface area contributed by atoms with Crippen molar-refractivity contribution in [3.05, 3.63) is 106 Å². The van der Waals surface area contributed by atoms with Gasteiger partial charge in [-0.2, -0.15) is 0 Å². The van der Waals surface area contributed by atoms with Crippen molar-refractivity contribution in [2.75, 3.05) is 0 Å². The Morgan fingerprint density at radius 3 is 2.38 bits per heavy atom. The number of benzene rings is 1. The Balaban J connectivity index is 1.71. The summed E-state index contributed by atoms with van der Waals surface area (Å²) in [6, 6.07) is 14.8. The number of hydrogen-bond acceptors (Lipinski definition) is 5. The standard InChI is InChI=1S/C32H34N4O4/c1-20(2)14-28(36-19-23(11-12-29(36)37)26-10-5-6-13-34-26)32(40)35-27(16-30(38)39)24-15-25(18-33-17-24)31-21(3)8-7-9-22(31)4/h5-13,15,17-20,27-28H,14,16H2,1-4H3,(H,35,40)(H,38,39)/t27-,28?/m0/s1. The van der Waals surface area contributed by atoms with Crippen molar-refractivity contribution in [1.82, 2.24) is 19.9 Å². The largest absolute Gasteiger partial charge is 0.481 e. The summed E-state index contributed by atoms with van der Waals surface area (Å²) in [5, 5.41) is 12.6. The molecule has 3 aromatic heterocycles. The molecule has 4 rings (SSSR count). The number of hydrogen-bond donors (Lipinski definition) is 2. The number of nitrogens with zero attached hydrogens (tertiary/aromatic N) is 3. The topological polar surface area (TPSA) is 114 Å². The lowest BCUT2D eigenvalue weighted by Crippen LogP contribution is -2.40. The van der Waals surface area contributed by atoms with Gasteiger partial charge in [0.25, 0.3) is 5.56 Å². The highest BCUT2D eigenvalue weighted by Gasteiger charge is 2.27. The lowest BCUT2D eigenvalue weighted by molar-refractivity contribution is -0.138. The fourth-order valence-corrected chi connectivity index (χ4v) is 4.98. The summed E-state index contributed by atoms with van der Waals surface area (Å²) in [5.74, 6) is -1.40. The number of carboxylic acids is 1. The Morgan fingerprint density at radius 2 is 1.73 bits per heavy atom. The molecular weight excluding hydrogens is 504 g/mol. The number of carbonyl (C=O) groups excluding carboxylic acids is 1. The molecule has 0 aliphatic rings. The zero-order chi connectivity index (χ0) is 28.8. The molecule has 2 N–H and O–H groups in total. The Kier molecular flexibility index (Phi) is 8.89. The second-order valence-corrected chi connectivity index (χ2v) is 10.5. The van der Waals surface area contributed by atoms with Crippen molar-refractivity contribution in [3.8, 4) is 22.4 Å². The molecule has 0 aliphatic heterocycles. The van der Waals surface area contributed by atoms with E-state index < -0.39 is 24.0 Å². The van der Waals surface area contributed by atoms with Gasteiger partial charge in [-0.1, -0.05) is 38.1 Å². The van der Waals surface area contributed by atoms with E-state index in [1.807, 2.05) is 64.1 Å². The predicted octanol–water partition coefficient (Wildman–Crippen LogP) is 5.51. The van der Waals surface area contributed by atoms with E-state index in [-0.39, 0.29) is 17.9 Å². The average molecular weight is 539 g/mol. The van der Waals surface area contributed by atoms with Crippen LogP contribution >= 0.6 is 0 Å². The van der Waals surface area contributed by atoms with E-state index in [0.717, 1.165) is 22.3 Å². The van der Waals surface area contributed by atoms with Gasteiger partial charge in [0.1, 0.15) is 6.04 Å². The van der Waals surface area contributed by atoms with Crippen molar-refractivity contribution in [2.24, 2.45) is 5.92 Å². The summed E-state index contributed by atoms with van der Waals surface area (Å²) >= 11 is 0. The Labute approximate surface area is 233 Å². The number of rotatable bonds is 10. The summed E-state index contributed by atoms with van der Waals surface area (Å²) in [7, 11) is 0. The molecule has 0 saturated carbocycles. The first-order chi connectivity index (χ1) is 19.1. The van der Waals surface area contributed by atoms with Crippen LogP contribution in [0.2, 0.25) is 0 Å². The molecule has 206 valence electrons. The normalized spacial score (nSPS) is 12.6. The van der Waals surface area contributed by atoms with Crippen LogP contribution in [0, 0.1) is 19.8 Å². The highest BCUT2D eigenvalue weighted by molar-refractivity contribution is 5.82. The maximum Gasteiger partial charge on any atom is 0.305 e. The van der Waals surface area contributed by atoms with Gasteiger partial charge in [-0.3, -0.25) is 24.4 Å². The Morgan fingerprint density at radius 1 is 0.975 bits per heavy atom. The summed E-state index contributed by atoms with van der Waals surface area (Å²) in [6.45, 7) is 7.97. The zero-order valence-electron chi connectivity index (χ0n) is 23.2. The number of aromatic nitrogens is 3. The third kappa shape index (κ3) is 6.69. The van der Waals surface area contributed by atoms with Gasteiger partial charge in [-0.15, -0.1) is 0 Å². The van der Waals surface area contributed by atoms with Crippen LogP contribution < -0.4 is 10.9 Å². The number of aryl methyl sites for hydroxylation is 2. The molecule has 3 heterocycles. The monoisotopic (exact) mass is 538 g/mol. The Hall–Kier alpha value is -4.59. The number of aliphatic carboxylic acids is 1. The first-order valence-electron chi connectivity index (χ1n) is 13.3. The first-order valence-corrected chi connectivity index (χ1v) is 13.3. The average Bonchev–Trinajstić information content (AvgIpc) is 2.92. The van der Waals surface area contributed by atoms with Crippen LogP contribution in [0.3, 0.4) is 0 Å². The van der Waals surface area contributed by atoms with Crippen LogP contribution in [0.1, 0.15) is 55.5 Å². The predicted molar refractivity (Wildman–Crippen MR) is 155 cm³/mol. The molecule has 40 heavy (non-hydrogen) atoms. The second kappa shape index (κ2) is 12.5. The maximum atomic E-state index is 13.8. The Bertz CT molecular complexity index is 1540. The van der Waals surface area contributed by atoms with Crippen molar-refractivity contribution in [3.63, 3.8) is 0 Å². The van der Waals surface area contributed by atoms with Crippen LogP contribution in [-0.2, 0) is 9.59 Å². The van der Waals surface area contributed by atoms with E-state index in [4.69, 9.17) is 0 Å². The van der Waals surface area contributed by atoms with Gasteiger partial charge in [-0.25, -0.2) is 0 Å². The summed E-state index contributed by atoms with van der Waals surface area (Å²) in [5.41, 5.74) is 5.64. The number of carbonyl (C=O) groups is 2. The molecule has 8 heteroatoms. The van der Waals surface area contributed by atoms with Gasteiger partial charge in [-0.05, 0) is 72.7 Å². The van der Waals surface area contributed by atoms with Crippen molar-refractivity contribution >= 4 is 11.9 Å². The van der Waals surface area contributed by atoms with Crippen LogP contribution in [0.5, 0.6) is 0 Å². The maximum absolute atomic E-state index is 13.8. The number of amides is 1. The number of carboxylic acid groups (broad SMARTS) is 1. The molecule has 1 amide bonds. The molecule has 2 atom stereocenters. The minimum Gasteiger partial charge on any atom is -0.481 e. The molecule has 0 spiro atoms. The fraction of sp³-hybridized carbons (Fsp3) is 0.281. The molecule has 0 fully saturated rings. The van der Waals surface area contributed by atoms with Crippen LogP contribution in [0.4, 0.5) is 0 Å². The van der Waals surface area contributed by atoms with E-state index in [1.165, 1.54) is 10.6 Å². The van der Waals surface area contributed by atoms with E-state index >= 15 is 0 Å². The minimum absolute atomic E-state index is 0.0908. The molecule has 1 aromatic carbocycles. The summed E-state index contributed by atoms with van der Waals surface area (Å²) in [6.07, 6.45) is 6.69. The third-order valence-corrected chi connectivity index (χ3v) is 6.86. The molecule has 0 radical (unpaired) electrons. The van der Waals surface area contributed by atoms with Gasteiger partial charge >= 0.3 is 5.97 Å². The molecule has 0 aliphatic carbocycles. The van der Waals surface area contributed by atoms with Crippen LogP contribution in [0.15, 0.2) is 84.2 Å². The quantitative estimate of drug-likeness (QED) is 0.275. The lowest BCUT2D eigenvalue weighted by atomic mass is 9.94. The zero-order valence-corrected chi connectivity index (χ0v) is 23.2. The van der Waals surface area contributed by atoms with Gasteiger partial charge in [0.2, 0.25) is 5.91 Å². The number of nitrogens with one attached hydrogen (secondary N) is 1. The molecule has 0 saturated heterocycles. The second-order valence-electron chi connectivity index (χ2n) is 10.5. The van der Waals surface area contributed by atoms with Crippen LogP contribution in [0.25, 0.3) is 22.4 Å². The molecule has 0 bridgehead atoms.